The fraction of sp³-hybridized carbons (Fsp3) is 0.529. The molecule has 2 rings (SSSR count). The molecule has 0 bridgehead atoms. The molecule has 0 atom stereocenters. The number of amides is 1. The van der Waals surface area contributed by atoms with Gasteiger partial charge in [-0.1, -0.05) is 12.1 Å². The highest BCUT2D eigenvalue weighted by Crippen LogP contribution is 2.22. The fourth-order valence-corrected chi connectivity index (χ4v) is 2.70. The second-order valence-electron chi connectivity index (χ2n) is 5.61. The van der Waals surface area contributed by atoms with Crippen LogP contribution in [0, 0.1) is 0 Å². The van der Waals surface area contributed by atoms with Crippen LogP contribution in [0.3, 0.4) is 0 Å². The summed E-state index contributed by atoms with van der Waals surface area (Å²) in [6.07, 6.45) is 5.92. The molecule has 1 aromatic carbocycles. The van der Waals surface area contributed by atoms with Crippen molar-refractivity contribution in [2.45, 2.75) is 44.9 Å². The van der Waals surface area contributed by atoms with Crippen molar-refractivity contribution in [1.29, 1.82) is 0 Å². The first-order valence-electron chi connectivity index (χ1n) is 7.82. The summed E-state index contributed by atoms with van der Waals surface area (Å²) >= 11 is 0. The predicted molar refractivity (Wildman–Crippen MR) is 83.3 cm³/mol. The van der Waals surface area contributed by atoms with Gasteiger partial charge in [0, 0.05) is 24.9 Å². The number of nitrogens with two attached hydrogens (primary N) is 1. The minimum absolute atomic E-state index is 0.0531. The lowest BCUT2D eigenvalue weighted by atomic mass is 9.89. The molecule has 0 aliphatic heterocycles. The third-order valence-corrected chi connectivity index (χ3v) is 3.95. The van der Waals surface area contributed by atoms with Gasteiger partial charge in [-0.25, -0.2) is 0 Å². The minimum Gasteiger partial charge on any atom is -0.356 e. The van der Waals surface area contributed by atoms with Crippen molar-refractivity contribution in [2.75, 3.05) is 13.1 Å². The molecule has 1 aliphatic carbocycles. The monoisotopic (exact) mass is 288 g/mol. The van der Waals surface area contributed by atoms with E-state index in [9.17, 15) is 9.59 Å². The summed E-state index contributed by atoms with van der Waals surface area (Å²) < 4.78 is 0. The van der Waals surface area contributed by atoms with Crippen LogP contribution in [0.4, 0.5) is 0 Å². The number of fused-ring (bicyclic) bond motifs is 1. The first kappa shape index (κ1) is 15.7. The number of ketones is 1. The topological polar surface area (TPSA) is 72.2 Å². The van der Waals surface area contributed by atoms with E-state index in [4.69, 9.17) is 5.73 Å². The van der Waals surface area contributed by atoms with Gasteiger partial charge in [0.2, 0.25) is 5.91 Å². The molecule has 0 saturated heterocycles. The van der Waals surface area contributed by atoms with Crippen LogP contribution >= 0.6 is 0 Å². The molecule has 21 heavy (non-hydrogen) atoms. The molecule has 0 fully saturated rings. The highest BCUT2D eigenvalue weighted by molar-refractivity contribution is 5.98. The normalized spacial score (nSPS) is 13.6. The SMILES string of the molecule is NCCCNC(=O)CCC(=O)c1ccc2c(c1)CCCC2. The Hall–Kier alpha value is -1.68. The number of hydrogen-bond donors (Lipinski definition) is 2. The Bertz CT molecular complexity index is 512. The highest BCUT2D eigenvalue weighted by Gasteiger charge is 2.13. The van der Waals surface area contributed by atoms with Gasteiger partial charge in [0.05, 0.1) is 0 Å². The van der Waals surface area contributed by atoms with Crippen molar-refractivity contribution in [3.05, 3.63) is 34.9 Å². The number of carbonyl (C=O) groups excluding carboxylic acids is 2. The van der Waals surface area contributed by atoms with E-state index in [1.807, 2.05) is 12.1 Å². The molecule has 1 aromatic rings. The van der Waals surface area contributed by atoms with E-state index in [-0.39, 0.29) is 24.5 Å². The molecule has 0 aromatic heterocycles. The van der Waals surface area contributed by atoms with Crippen LogP contribution in [-0.2, 0) is 17.6 Å². The Morgan fingerprint density at radius 1 is 1.10 bits per heavy atom. The molecule has 3 N–H and O–H groups in total. The van der Waals surface area contributed by atoms with Crippen LogP contribution in [0.15, 0.2) is 18.2 Å². The van der Waals surface area contributed by atoms with E-state index in [2.05, 4.69) is 11.4 Å². The van der Waals surface area contributed by atoms with Gasteiger partial charge in [-0.15, -0.1) is 0 Å². The lowest BCUT2D eigenvalue weighted by Crippen LogP contribution is -2.26. The molecule has 0 saturated carbocycles. The van der Waals surface area contributed by atoms with Gasteiger partial charge in [0.1, 0.15) is 0 Å². The number of benzene rings is 1. The van der Waals surface area contributed by atoms with Gasteiger partial charge in [0.15, 0.2) is 5.78 Å². The Morgan fingerprint density at radius 2 is 1.86 bits per heavy atom. The number of rotatable bonds is 7. The molecular weight excluding hydrogens is 264 g/mol. The molecule has 1 amide bonds. The molecule has 4 nitrogen and oxygen atoms in total. The first-order chi connectivity index (χ1) is 10.2. The third kappa shape index (κ3) is 4.67. The third-order valence-electron chi connectivity index (χ3n) is 3.95. The second kappa shape index (κ2) is 7.93. The van der Waals surface area contributed by atoms with E-state index in [0.717, 1.165) is 24.8 Å². The molecule has 114 valence electrons. The predicted octanol–water partition coefficient (Wildman–Crippen LogP) is 1.99. The Labute approximate surface area is 126 Å². The summed E-state index contributed by atoms with van der Waals surface area (Å²) in [5.74, 6) is -0.0212. The largest absolute Gasteiger partial charge is 0.356 e. The lowest BCUT2D eigenvalue weighted by Gasteiger charge is -2.16. The lowest BCUT2D eigenvalue weighted by molar-refractivity contribution is -0.121. The molecule has 1 aliphatic rings. The summed E-state index contributed by atoms with van der Waals surface area (Å²) in [6.45, 7) is 1.15. The van der Waals surface area contributed by atoms with Crippen molar-refractivity contribution in [3.63, 3.8) is 0 Å². The smallest absolute Gasteiger partial charge is 0.220 e. The van der Waals surface area contributed by atoms with Gasteiger partial charge in [-0.05, 0) is 55.8 Å². The summed E-state index contributed by atoms with van der Waals surface area (Å²) in [6, 6.07) is 5.99. The second-order valence-corrected chi connectivity index (χ2v) is 5.61. The van der Waals surface area contributed by atoms with Crippen molar-refractivity contribution >= 4 is 11.7 Å². The first-order valence-corrected chi connectivity index (χ1v) is 7.82. The van der Waals surface area contributed by atoms with Crippen LogP contribution in [-0.4, -0.2) is 24.8 Å². The standard InChI is InChI=1S/C17H24N2O2/c18-10-3-11-19-17(21)9-8-16(20)15-7-6-13-4-1-2-5-14(13)12-15/h6-7,12H,1-5,8-11,18H2,(H,19,21). The average molecular weight is 288 g/mol. The molecule has 4 heteroatoms. The number of carbonyl (C=O) groups is 2. The molecular formula is C17H24N2O2. The van der Waals surface area contributed by atoms with E-state index < -0.39 is 0 Å². The van der Waals surface area contributed by atoms with E-state index in [1.54, 1.807) is 0 Å². The Morgan fingerprint density at radius 3 is 2.62 bits per heavy atom. The zero-order valence-electron chi connectivity index (χ0n) is 12.5. The molecule has 0 radical (unpaired) electrons. The maximum Gasteiger partial charge on any atom is 0.220 e. The summed E-state index contributed by atoms with van der Waals surface area (Å²) in [5, 5.41) is 2.77. The van der Waals surface area contributed by atoms with E-state index >= 15 is 0 Å². The number of Topliss-reactive ketones (excluding diaryl/α,β-unsaturated/α-hetero) is 1. The van der Waals surface area contributed by atoms with Gasteiger partial charge in [-0.3, -0.25) is 9.59 Å². The zero-order valence-corrected chi connectivity index (χ0v) is 12.5. The van der Waals surface area contributed by atoms with Crippen LogP contribution in [0.25, 0.3) is 0 Å². The summed E-state index contributed by atoms with van der Waals surface area (Å²) in [7, 11) is 0. The number of hydrogen-bond acceptors (Lipinski definition) is 3. The fourth-order valence-electron chi connectivity index (χ4n) is 2.70. The van der Waals surface area contributed by atoms with E-state index in [0.29, 0.717) is 13.1 Å². The maximum atomic E-state index is 12.2. The van der Waals surface area contributed by atoms with Crippen molar-refractivity contribution < 1.29 is 9.59 Å². The van der Waals surface area contributed by atoms with Crippen molar-refractivity contribution in [3.8, 4) is 0 Å². The summed E-state index contributed by atoms with van der Waals surface area (Å²) in [5.41, 5.74) is 8.78. The Kier molecular flexibility index (Phi) is 5.93. The van der Waals surface area contributed by atoms with Crippen LogP contribution in [0.2, 0.25) is 0 Å². The van der Waals surface area contributed by atoms with Crippen LogP contribution in [0.1, 0.15) is 53.6 Å². The van der Waals surface area contributed by atoms with Crippen LogP contribution < -0.4 is 11.1 Å². The number of nitrogens with one attached hydrogen (secondary N) is 1. The van der Waals surface area contributed by atoms with Crippen LogP contribution in [0.5, 0.6) is 0 Å². The maximum absolute atomic E-state index is 12.2. The van der Waals surface area contributed by atoms with E-state index in [1.165, 1.54) is 24.0 Å². The molecule has 0 heterocycles. The van der Waals surface area contributed by atoms with Gasteiger partial charge < -0.3 is 11.1 Å². The van der Waals surface area contributed by atoms with Crippen molar-refractivity contribution in [1.82, 2.24) is 5.32 Å². The number of aryl methyl sites for hydroxylation is 2. The summed E-state index contributed by atoms with van der Waals surface area (Å²) in [4.78, 5) is 23.7. The quantitative estimate of drug-likeness (QED) is 0.595. The average Bonchev–Trinajstić information content (AvgIpc) is 2.52. The van der Waals surface area contributed by atoms with Gasteiger partial charge >= 0.3 is 0 Å². The zero-order chi connectivity index (χ0) is 15.1. The molecule has 0 spiro atoms. The highest BCUT2D eigenvalue weighted by atomic mass is 16.2. The van der Waals surface area contributed by atoms with Gasteiger partial charge in [0.25, 0.3) is 0 Å². The van der Waals surface area contributed by atoms with Gasteiger partial charge in [-0.2, -0.15) is 0 Å². The minimum atomic E-state index is -0.0743. The Balaban J connectivity index is 1.84. The van der Waals surface area contributed by atoms with Crippen molar-refractivity contribution in [2.24, 2.45) is 5.73 Å². The molecule has 0 unspecified atom stereocenters.